The summed E-state index contributed by atoms with van der Waals surface area (Å²) in [7, 11) is 0. The first-order valence-electron chi connectivity index (χ1n) is 5.68. The second-order valence-corrected chi connectivity index (χ2v) is 5.36. The van der Waals surface area contributed by atoms with Crippen LogP contribution in [0.3, 0.4) is 0 Å². The number of hydrogen-bond donors (Lipinski definition) is 1. The number of benzene rings is 1. The number of aryl methyl sites for hydroxylation is 1. The molecule has 0 unspecified atom stereocenters. The van der Waals surface area contributed by atoms with E-state index in [-0.39, 0.29) is 5.82 Å². The van der Waals surface area contributed by atoms with Crippen LogP contribution >= 0.6 is 11.3 Å². The molecule has 1 aromatic carbocycles. The van der Waals surface area contributed by atoms with Gasteiger partial charge in [0.15, 0.2) is 0 Å². The van der Waals surface area contributed by atoms with Crippen LogP contribution in [0.15, 0.2) is 24.3 Å². The predicted molar refractivity (Wildman–Crippen MR) is 67.9 cm³/mol. The quantitative estimate of drug-likeness (QED) is 0.884. The standard InChI is InChI=1S/C13H13FN2S/c1-8-12(10-6-15-7-10)17-13(16-8)9-2-4-11(14)5-3-9/h2-5,10,15H,6-7H2,1H3. The molecule has 4 heteroatoms. The molecule has 0 saturated carbocycles. The molecule has 1 fully saturated rings. The van der Waals surface area contributed by atoms with Crippen molar-refractivity contribution in [1.82, 2.24) is 10.3 Å². The fraction of sp³-hybridized carbons (Fsp3) is 0.308. The maximum atomic E-state index is 12.9. The summed E-state index contributed by atoms with van der Waals surface area (Å²) >= 11 is 1.73. The molecule has 0 spiro atoms. The van der Waals surface area contributed by atoms with Gasteiger partial charge in [0, 0.05) is 29.4 Å². The first-order valence-corrected chi connectivity index (χ1v) is 6.49. The van der Waals surface area contributed by atoms with E-state index in [1.807, 2.05) is 0 Å². The van der Waals surface area contributed by atoms with Gasteiger partial charge >= 0.3 is 0 Å². The second kappa shape index (κ2) is 4.20. The fourth-order valence-corrected chi connectivity index (χ4v) is 3.15. The zero-order valence-corrected chi connectivity index (χ0v) is 10.4. The Hall–Kier alpha value is -1.26. The third-order valence-electron chi connectivity index (χ3n) is 3.08. The average molecular weight is 248 g/mol. The minimum Gasteiger partial charge on any atom is -0.315 e. The van der Waals surface area contributed by atoms with Gasteiger partial charge in [-0.15, -0.1) is 11.3 Å². The predicted octanol–water partition coefficient (Wildman–Crippen LogP) is 2.94. The lowest BCUT2D eigenvalue weighted by molar-refractivity contribution is 0.452. The van der Waals surface area contributed by atoms with Gasteiger partial charge in [0.05, 0.1) is 5.69 Å². The molecule has 17 heavy (non-hydrogen) atoms. The largest absolute Gasteiger partial charge is 0.315 e. The molecule has 0 aliphatic carbocycles. The fourth-order valence-electron chi connectivity index (χ4n) is 1.98. The van der Waals surface area contributed by atoms with Gasteiger partial charge in [-0.3, -0.25) is 0 Å². The summed E-state index contributed by atoms with van der Waals surface area (Å²) in [6, 6.07) is 6.54. The number of nitrogens with zero attached hydrogens (tertiary/aromatic N) is 1. The van der Waals surface area contributed by atoms with E-state index in [1.54, 1.807) is 23.5 Å². The van der Waals surface area contributed by atoms with Gasteiger partial charge in [-0.05, 0) is 31.2 Å². The molecule has 0 atom stereocenters. The first-order chi connectivity index (χ1) is 8.24. The van der Waals surface area contributed by atoms with E-state index in [0.717, 1.165) is 29.4 Å². The molecule has 1 aliphatic rings. The Balaban J connectivity index is 1.95. The normalized spacial score (nSPS) is 15.9. The number of nitrogens with one attached hydrogen (secondary N) is 1. The Morgan fingerprint density at radius 2 is 2.00 bits per heavy atom. The zero-order valence-electron chi connectivity index (χ0n) is 9.53. The Kier molecular flexibility index (Phi) is 2.68. The van der Waals surface area contributed by atoms with Gasteiger partial charge in [0.25, 0.3) is 0 Å². The Bertz CT molecular complexity index is 529. The summed E-state index contributed by atoms with van der Waals surface area (Å²) in [5.74, 6) is 0.409. The van der Waals surface area contributed by atoms with Crippen molar-refractivity contribution in [3.8, 4) is 10.6 Å². The second-order valence-electron chi connectivity index (χ2n) is 4.33. The Morgan fingerprint density at radius 3 is 2.59 bits per heavy atom. The van der Waals surface area contributed by atoms with Gasteiger partial charge in [-0.1, -0.05) is 0 Å². The summed E-state index contributed by atoms with van der Waals surface area (Å²) in [6.45, 7) is 4.15. The van der Waals surface area contributed by atoms with Gasteiger partial charge in [0.1, 0.15) is 10.8 Å². The molecule has 1 aromatic heterocycles. The minimum atomic E-state index is -0.203. The molecule has 2 aromatic rings. The number of hydrogen-bond acceptors (Lipinski definition) is 3. The van der Waals surface area contributed by atoms with Crippen molar-refractivity contribution in [1.29, 1.82) is 0 Å². The Labute approximate surface area is 104 Å². The molecule has 0 bridgehead atoms. The molecule has 1 N–H and O–H groups in total. The molecular weight excluding hydrogens is 235 g/mol. The third kappa shape index (κ3) is 1.98. The maximum Gasteiger partial charge on any atom is 0.123 e. The molecule has 1 aliphatic heterocycles. The van der Waals surface area contributed by atoms with E-state index in [4.69, 9.17) is 0 Å². The van der Waals surface area contributed by atoms with Crippen molar-refractivity contribution < 1.29 is 4.39 Å². The minimum absolute atomic E-state index is 0.203. The van der Waals surface area contributed by atoms with Crippen LogP contribution in [0, 0.1) is 12.7 Å². The maximum absolute atomic E-state index is 12.9. The Morgan fingerprint density at radius 1 is 1.29 bits per heavy atom. The summed E-state index contributed by atoms with van der Waals surface area (Å²) < 4.78 is 12.9. The molecule has 88 valence electrons. The van der Waals surface area contributed by atoms with Crippen LogP contribution in [0.1, 0.15) is 16.5 Å². The smallest absolute Gasteiger partial charge is 0.123 e. The first kappa shape index (κ1) is 10.9. The van der Waals surface area contributed by atoms with E-state index in [2.05, 4.69) is 17.2 Å². The molecule has 0 radical (unpaired) electrons. The van der Waals surface area contributed by atoms with Crippen LogP contribution in [0.25, 0.3) is 10.6 Å². The van der Waals surface area contributed by atoms with Crippen LogP contribution in [0.4, 0.5) is 4.39 Å². The third-order valence-corrected chi connectivity index (χ3v) is 4.44. The highest BCUT2D eigenvalue weighted by atomic mass is 32.1. The van der Waals surface area contributed by atoms with Crippen molar-refractivity contribution >= 4 is 11.3 Å². The molecule has 0 amide bonds. The highest BCUT2D eigenvalue weighted by molar-refractivity contribution is 7.15. The van der Waals surface area contributed by atoms with Crippen LogP contribution in [0.2, 0.25) is 0 Å². The van der Waals surface area contributed by atoms with Crippen LogP contribution < -0.4 is 5.32 Å². The highest BCUT2D eigenvalue weighted by Gasteiger charge is 2.24. The van der Waals surface area contributed by atoms with Gasteiger partial charge < -0.3 is 5.32 Å². The molecule has 2 nitrogen and oxygen atoms in total. The van der Waals surface area contributed by atoms with Crippen molar-refractivity contribution in [3.05, 3.63) is 40.7 Å². The topological polar surface area (TPSA) is 24.9 Å². The molecular formula is C13H13FN2S. The van der Waals surface area contributed by atoms with Gasteiger partial charge in [0.2, 0.25) is 0 Å². The van der Waals surface area contributed by atoms with Crippen molar-refractivity contribution in [2.24, 2.45) is 0 Å². The number of rotatable bonds is 2. The van der Waals surface area contributed by atoms with E-state index in [0.29, 0.717) is 5.92 Å². The van der Waals surface area contributed by atoms with Crippen molar-refractivity contribution in [2.75, 3.05) is 13.1 Å². The van der Waals surface area contributed by atoms with Gasteiger partial charge in [-0.2, -0.15) is 0 Å². The SMILES string of the molecule is Cc1nc(-c2ccc(F)cc2)sc1C1CNC1. The molecule has 3 rings (SSSR count). The van der Waals surface area contributed by atoms with Crippen LogP contribution in [-0.4, -0.2) is 18.1 Å². The van der Waals surface area contributed by atoms with E-state index in [1.165, 1.54) is 17.0 Å². The van der Waals surface area contributed by atoms with Crippen LogP contribution in [0.5, 0.6) is 0 Å². The lowest BCUT2D eigenvalue weighted by atomic mass is 10.0. The van der Waals surface area contributed by atoms with E-state index in [9.17, 15) is 4.39 Å². The highest BCUT2D eigenvalue weighted by Crippen LogP contribution is 2.34. The number of aromatic nitrogens is 1. The summed E-state index contributed by atoms with van der Waals surface area (Å²) in [6.07, 6.45) is 0. The molecule has 2 heterocycles. The zero-order chi connectivity index (χ0) is 11.8. The lowest BCUT2D eigenvalue weighted by Crippen LogP contribution is -2.39. The number of halogens is 1. The van der Waals surface area contributed by atoms with Gasteiger partial charge in [-0.25, -0.2) is 9.37 Å². The number of thiazole rings is 1. The van der Waals surface area contributed by atoms with Crippen molar-refractivity contribution in [2.45, 2.75) is 12.8 Å². The lowest BCUT2D eigenvalue weighted by Gasteiger charge is -2.26. The van der Waals surface area contributed by atoms with E-state index >= 15 is 0 Å². The van der Waals surface area contributed by atoms with Crippen LogP contribution in [-0.2, 0) is 0 Å². The average Bonchev–Trinajstić information content (AvgIpc) is 2.60. The monoisotopic (exact) mass is 248 g/mol. The summed E-state index contributed by atoms with van der Waals surface area (Å²) in [4.78, 5) is 5.95. The molecule has 1 saturated heterocycles. The summed E-state index contributed by atoms with van der Waals surface area (Å²) in [5.41, 5.74) is 2.11. The van der Waals surface area contributed by atoms with Crippen molar-refractivity contribution in [3.63, 3.8) is 0 Å². The summed E-state index contributed by atoms with van der Waals surface area (Å²) in [5, 5.41) is 4.26. The van der Waals surface area contributed by atoms with E-state index < -0.39 is 0 Å².